The minimum absolute atomic E-state index is 0.143. The zero-order chi connectivity index (χ0) is 99.7. The minimum atomic E-state index is -4.46. The lowest BCUT2D eigenvalue weighted by molar-refractivity contribution is -0.678. The average Bonchev–Trinajstić information content (AvgIpc) is 1.62. The van der Waals surface area contributed by atoms with Gasteiger partial charge in [0.2, 0.25) is 34.4 Å². The van der Waals surface area contributed by atoms with Gasteiger partial charge in [0.1, 0.15) is 6.08 Å². The number of aromatic nitrogens is 4. The van der Waals surface area contributed by atoms with E-state index in [1.807, 2.05) is 201 Å². The molecule has 0 fully saturated rings. The van der Waals surface area contributed by atoms with Gasteiger partial charge in [0.05, 0.1) is 35.0 Å². The standard InChI is InChI=1S/C40H40Br2N2O5S.C33H28N2O8S2.C33H30N2O5S.C5H5N/c1-3-5-6-21-43-35-26-31(29-9-15-33(41)16-10-29)13-19-37(35)48-39(43)24-28(4-2)25-40-44(22-7-8-23-50(45,46)47)36-27-32(14-20-38(36)49-40)30-11-17-34(42)18-12-30;1-2-23(17-32-34(21-44(36,37)38)28-19-26(13-15-30(28)42-32)24-9-5-3-6-10-24)18-33-35(22-45(39,40)41)29-20-27(14-16-31(29)43-33)25-11-7-4-8-12-25;1-2-3-10-19-34-28-20-26(24-11-6-4-7-12-24)15-17-30(28)39-32(34)22-33-35(23-41(36,37)38)29-21-27(16-18-31(29)40-33)25-13-8-5-9-14-25;1-2-4-6-5-3-1/h9-20,24-27H,3-8,21-23H2,1-2H3;3-20H,2,21-22H2,1H3,(H-,36,37,38,39,40,41);4-9,11-18,20-22H,2-3,10,19,23H2,1H3;1-5H/p+3. The number of allylic oxidation sites excluding steroid dienone is 4. The molecule has 0 saturated carbocycles. The van der Waals surface area contributed by atoms with Gasteiger partial charge < -0.3 is 37.3 Å². The Bertz CT molecular complexity index is 7840. The van der Waals surface area contributed by atoms with E-state index < -0.39 is 58.1 Å². The Labute approximate surface area is 843 Å². The third kappa shape index (κ3) is 26.2. The molecule has 142 heavy (non-hydrogen) atoms. The predicted molar refractivity (Wildman–Crippen MR) is 565 cm³/mol. The van der Waals surface area contributed by atoms with Crippen molar-refractivity contribution in [3.63, 3.8) is 0 Å². The van der Waals surface area contributed by atoms with Crippen molar-refractivity contribution in [3.05, 3.63) is 377 Å². The number of rotatable bonds is 32. The van der Waals surface area contributed by atoms with Crippen LogP contribution in [0.4, 0.5) is 17.1 Å². The fraction of sp³-hybridized carbons (Fsp3) is 0.189. The molecule has 25 nitrogen and oxygen atoms in total. The monoisotopic (exact) mass is 2110 g/mol. The second-order valence-corrected chi connectivity index (χ2v) is 41.8. The second kappa shape index (κ2) is 45.9. The highest BCUT2D eigenvalue weighted by molar-refractivity contribution is 9.10. The van der Waals surface area contributed by atoms with Crippen LogP contribution >= 0.6 is 31.9 Å². The Balaban J connectivity index is 0.000000149. The predicted octanol–water partition coefficient (Wildman–Crippen LogP) is 25.6. The third-order valence-electron chi connectivity index (χ3n) is 23.9. The number of aryl methyl sites for hydroxylation is 1. The molecule has 12 aromatic carbocycles. The number of halogens is 2. The Morgan fingerprint density at radius 2 is 0.669 bits per heavy atom. The Morgan fingerprint density at radius 3 is 1.05 bits per heavy atom. The van der Waals surface area contributed by atoms with Crippen LogP contribution in [-0.4, -0.2) is 81.6 Å². The van der Waals surface area contributed by atoms with Crippen LogP contribution in [0.15, 0.2) is 373 Å². The van der Waals surface area contributed by atoms with Gasteiger partial charge in [-0.05, 0) is 207 Å². The molecule has 19 rings (SSSR count). The third-order valence-corrected chi connectivity index (χ3v) is 27.5. The number of nitrogens with zero attached hydrogens (tertiary/aromatic N) is 7. The molecule has 3 aliphatic heterocycles. The lowest BCUT2D eigenvalue weighted by atomic mass is 10.0. The number of oxazole rings is 3. The molecule has 16 aromatic rings. The number of unbranched alkanes of at least 4 members (excludes halogenated alkanes) is 5. The van der Waals surface area contributed by atoms with Crippen molar-refractivity contribution in [2.24, 2.45) is 0 Å². The van der Waals surface area contributed by atoms with E-state index in [-0.39, 0.29) is 23.4 Å². The van der Waals surface area contributed by atoms with Gasteiger partial charge in [0.15, 0.2) is 29.7 Å². The van der Waals surface area contributed by atoms with E-state index in [1.165, 1.54) is 14.0 Å². The highest BCUT2D eigenvalue weighted by Gasteiger charge is 2.36. The topological polar surface area (TPSA) is 319 Å². The van der Waals surface area contributed by atoms with E-state index in [0.717, 1.165) is 179 Å². The molecule has 4 N–H and O–H groups in total. The first kappa shape index (κ1) is 101. The van der Waals surface area contributed by atoms with Gasteiger partial charge in [-0.1, -0.05) is 267 Å². The van der Waals surface area contributed by atoms with Gasteiger partial charge in [-0.2, -0.15) is 38.2 Å². The maximum absolute atomic E-state index is 12.1. The van der Waals surface area contributed by atoms with E-state index in [2.05, 4.69) is 163 Å². The molecular formula is C111H106Br2N7O18S4+3. The smallest absolute Gasteiger partial charge is 0.380 e. The first-order valence-electron chi connectivity index (χ1n) is 46.6. The van der Waals surface area contributed by atoms with Crippen LogP contribution in [0, 0.1) is 0 Å². The lowest BCUT2D eigenvalue weighted by Gasteiger charge is -2.19. The van der Waals surface area contributed by atoms with Gasteiger partial charge in [0, 0.05) is 71.2 Å². The van der Waals surface area contributed by atoms with E-state index in [0.29, 0.717) is 76.8 Å². The molecule has 3 aliphatic rings. The van der Waals surface area contributed by atoms with Gasteiger partial charge in [-0.25, -0.2) is 0 Å². The first-order valence-corrected chi connectivity index (χ1v) is 54.6. The summed E-state index contributed by atoms with van der Waals surface area (Å²) in [5, 5.41) is 0. The van der Waals surface area contributed by atoms with Crippen molar-refractivity contribution in [3.8, 4) is 84.0 Å². The van der Waals surface area contributed by atoms with Crippen molar-refractivity contribution in [1.82, 2.24) is 4.98 Å². The SMILES string of the molecule is CCC(=C/c1oc2ccc(-c3ccccc3)cc2[n+]1CS(=O)(=O)O)/C=C1\Oc2ccc(-c3ccccc3)cc2N1CS(=O)(=O)O.CCCCCN1C(=Cc2oc3ccc(-c4ccccc4)cc3[n+]2CS(=O)(=O)O)Oc2ccc(-c3ccccc3)cc21.CCCCC[n+]1c(C=C(C=C2Oc3ccc(-c4ccc(Br)cc4)cc3N2CCCCS(=O)(=O)O)CC)oc2ccc(-c3ccc(Br)cc3)cc21.c1ccncc1. The summed E-state index contributed by atoms with van der Waals surface area (Å²) in [6.07, 6.45) is 21.0. The van der Waals surface area contributed by atoms with Crippen molar-refractivity contribution in [2.45, 2.75) is 110 Å². The van der Waals surface area contributed by atoms with E-state index in [1.54, 1.807) is 54.9 Å². The number of hydrogen-bond donors (Lipinski definition) is 4. The van der Waals surface area contributed by atoms with Crippen LogP contribution in [0.5, 0.6) is 17.2 Å². The number of benzene rings is 12. The maximum Gasteiger partial charge on any atom is 0.380 e. The number of fused-ring (bicyclic) bond motifs is 6. The van der Waals surface area contributed by atoms with Crippen LogP contribution in [0.3, 0.4) is 0 Å². The quantitative estimate of drug-likeness (QED) is 0.0173. The van der Waals surface area contributed by atoms with Crippen LogP contribution in [-0.2, 0) is 58.8 Å². The minimum Gasteiger partial charge on any atom is -0.439 e. The van der Waals surface area contributed by atoms with Gasteiger partial charge in [-0.15, -0.1) is 9.13 Å². The summed E-state index contributed by atoms with van der Waals surface area (Å²) in [5.74, 6) is 1.95. The molecule has 0 bridgehead atoms. The van der Waals surface area contributed by atoms with Crippen molar-refractivity contribution < 1.29 is 93.0 Å². The highest BCUT2D eigenvalue weighted by atomic mass is 79.9. The summed E-state index contributed by atoms with van der Waals surface area (Å²) >= 11 is 7.06. The molecule has 0 amide bonds. The molecule has 0 radical (unpaired) electrons. The summed E-state index contributed by atoms with van der Waals surface area (Å²) in [6, 6.07) is 96.3. The van der Waals surface area contributed by atoms with Crippen molar-refractivity contribution in [2.75, 3.05) is 39.4 Å². The van der Waals surface area contributed by atoms with Crippen LogP contribution in [0.1, 0.15) is 110 Å². The summed E-state index contributed by atoms with van der Waals surface area (Å²) in [6.45, 7) is 10.4. The van der Waals surface area contributed by atoms with Crippen molar-refractivity contribution in [1.29, 1.82) is 0 Å². The van der Waals surface area contributed by atoms with Gasteiger partial charge >= 0.3 is 37.9 Å². The molecule has 0 saturated heterocycles. The molecule has 0 spiro atoms. The van der Waals surface area contributed by atoms with Crippen LogP contribution in [0.2, 0.25) is 0 Å². The molecule has 4 aromatic heterocycles. The first-order chi connectivity index (χ1) is 68.5. The zero-order valence-corrected chi connectivity index (χ0v) is 84.8. The Morgan fingerprint density at radius 1 is 0.338 bits per heavy atom. The van der Waals surface area contributed by atoms with Crippen LogP contribution < -0.4 is 42.6 Å². The van der Waals surface area contributed by atoms with Crippen LogP contribution in [0.25, 0.3) is 118 Å². The summed E-state index contributed by atoms with van der Waals surface area (Å²) in [7, 11) is -17.3. The molecule has 0 aliphatic carbocycles. The van der Waals surface area contributed by atoms with Gasteiger partial charge in [0.25, 0.3) is 48.5 Å². The second-order valence-electron chi connectivity index (χ2n) is 34.1. The molecule has 7 heterocycles. The van der Waals surface area contributed by atoms with E-state index in [4.69, 9.17) is 27.5 Å². The average molecular weight is 2110 g/mol. The largest absolute Gasteiger partial charge is 0.439 e. The fourth-order valence-corrected chi connectivity index (χ4v) is 19.7. The summed E-state index contributed by atoms with van der Waals surface area (Å²) < 4.78 is 179. The molecule has 728 valence electrons. The number of ether oxygens (including phenoxy) is 3. The summed E-state index contributed by atoms with van der Waals surface area (Å²) in [4.78, 5) is 9.35. The molecule has 31 heteroatoms. The number of pyridine rings is 1. The zero-order valence-electron chi connectivity index (χ0n) is 78.4. The number of hydrogen-bond acceptors (Lipinski definition) is 18. The lowest BCUT2D eigenvalue weighted by Crippen LogP contribution is -2.39. The normalized spacial score (nSPS) is 14.0. The van der Waals surface area contributed by atoms with Gasteiger partial charge in [-0.3, -0.25) is 28.1 Å². The Hall–Kier alpha value is -13.7. The van der Waals surface area contributed by atoms with E-state index >= 15 is 0 Å². The summed E-state index contributed by atoms with van der Waals surface area (Å²) in [5.41, 5.74) is 19.7. The van der Waals surface area contributed by atoms with E-state index in [9.17, 15) is 51.9 Å². The Kier molecular flexibility index (Phi) is 32.7. The molecule has 0 unspecified atom stereocenters. The highest BCUT2D eigenvalue weighted by Crippen LogP contribution is 2.47. The number of anilines is 3. The molecule has 0 atom stereocenters. The maximum atomic E-state index is 12.1. The van der Waals surface area contributed by atoms with Crippen molar-refractivity contribution >= 4 is 141 Å². The molecular weight excluding hydrogens is 2010 g/mol. The fourth-order valence-electron chi connectivity index (χ4n) is 16.9.